The van der Waals surface area contributed by atoms with Crippen molar-refractivity contribution in [1.29, 1.82) is 0 Å². The van der Waals surface area contributed by atoms with Crippen LogP contribution in [0.25, 0.3) is 16.8 Å². The van der Waals surface area contributed by atoms with Crippen molar-refractivity contribution in [2.75, 3.05) is 0 Å². The van der Waals surface area contributed by atoms with E-state index in [-0.39, 0.29) is 22.0 Å². The number of aromatic nitrogens is 1. The molecule has 28 heavy (non-hydrogen) atoms. The van der Waals surface area contributed by atoms with E-state index in [1.165, 1.54) is 12.1 Å². The normalized spacial score (nSPS) is 14.6. The molecule has 0 aliphatic carbocycles. The van der Waals surface area contributed by atoms with Crippen molar-refractivity contribution in [2.45, 2.75) is 64.7 Å². The SMILES string of the molecule is C=C(C)c1cc(C(C)(C)C(C)NS(=O)C(C)(C)C)cc(-c2ccc(F)cc2)n1. The molecule has 1 N–H and O–H groups in total. The lowest BCUT2D eigenvalue weighted by molar-refractivity contribution is 0.407. The van der Waals surface area contributed by atoms with E-state index in [0.717, 1.165) is 28.1 Å². The maximum absolute atomic E-state index is 13.3. The van der Waals surface area contributed by atoms with Gasteiger partial charge in [-0.05, 0) is 82.2 Å². The van der Waals surface area contributed by atoms with Gasteiger partial charge in [-0.1, -0.05) is 20.4 Å². The number of allylic oxidation sites excluding steroid dienone is 1. The van der Waals surface area contributed by atoms with Crippen molar-refractivity contribution in [3.05, 3.63) is 60.1 Å². The summed E-state index contributed by atoms with van der Waals surface area (Å²) in [5, 5.41) is 0. The summed E-state index contributed by atoms with van der Waals surface area (Å²) in [5.74, 6) is -0.275. The Morgan fingerprint density at radius 2 is 1.71 bits per heavy atom. The molecule has 152 valence electrons. The van der Waals surface area contributed by atoms with Gasteiger partial charge in [-0.15, -0.1) is 0 Å². The Kier molecular flexibility index (Phi) is 6.62. The Labute approximate surface area is 171 Å². The van der Waals surface area contributed by atoms with E-state index in [9.17, 15) is 8.60 Å². The van der Waals surface area contributed by atoms with Crippen molar-refractivity contribution in [3.8, 4) is 11.3 Å². The lowest BCUT2D eigenvalue weighted by atomic mass is 9.78. The van der Waals surface area contributed by atoms with E-state index in [1.54, 1.807) is 12.1 Å². The third-order valence-electron chi connectivity index (χ3n) is 5.07. The summed E-state index contributed by atoms with van der Waals surface area (Å²) in [5.41, 5.74) is 4.02. The average Bonchev–Trinajstić information content (AvgIpc) is 2.60. The predicted molar refractivity (Wildman–Crippen MR) is 118 cm³/mol. The lowest BCUT2D eigenvalue weighted by Gasteiger charge is -2.35. The van der Waals surface area contributed by atoms with Crippen LogP contribution in [0.15, 0.2) is 43.0 Å². The Morgan fingerprint density at radius 3 is 2.21 bits per heavy atom. The largest absolute Gasteiger partial charge is 0.248 e. The van der Waals surface area contributed by atoms with Gasteiger partial charge in [-0.25, -0.2) is 18.3 Å². The molecule has 0 saturated carbocycles. The monoisotopic (exact) mass is 402 g/mol. The highest BCUT2D eigenvalue weighted by Crippen LogP contribution is 2.32. The van der Waals surface area contributed by atoms with Crippen LogP contribution in [-0.2, 0) is 16.4 Å². The highest BCUT2D eigenvalue weighted by Gasteiger charge is 2.32. The molecule has 2 aromatic rings. The third kappa shape index (κ3) is 5.15. The first-order valence-electron chi connectivity index (χ1n) is 9.45. The van der Waals surface area contributed by atoms with Gasteiger partial charge in [0.2, 0.25) is 0 Å². The number of hydrogen-bond acceptors (Lipinski definition) is 2. The standard InChI is InChI=1S/C23H31FN2OS/c1-15(2)20-13-18(14-21(25-20)17-9-11-19(24)12-10-17)23(7,8)16(3)26-28(27)22(4,5)6/h9-14,16,26H,1H2,2-8H3. The average molecular weight is 403 g/mol. The minimum atomic E-state index is -1.17. The zero-order valence-corrected chi connectivity index (χ0v) is 18.7. The molecule has 1 aromatic carbocycles. The third-order valence-corrected chi connectivity index (χ3v) is 6.75. The lowest BCUT2D eigenvalue weighted by Crippen LogP contribution is -2.47. The first kappa shape index (κ1) is 22.4. The van der Waals surface area contributed by atoms with Gasteiger partial charge in [0.25, 0.3) is 0 Å². The summed E-state index contributed by atoms with van der Waals surface area (Å²) in [4.78, 5) is 4.70. The van der Waals surface area contributed by atoms with Crippen LogP contribution in [0.5, 0.6) is 0 Å². The van der Waals surface area contributed by atoms with Gasteiger partial charge in [0.05, 0.1) is 27.1 Å². The van der Waals surface area contributed by atoms with Gasteiger partial charge in [0.1, 0.15) is 5.82 Å². The maximum atomic E-state index is 13.3. The molecule has 0 aliphatic rings. The maximum Gasteiger partial charge on any atom is 0.123 e. The van der Waals surface area contributed by atoms with Crippen molar-refractivity contribution >= 4 is 16.6 Å². The fourth-order valence-corrected chi connectivity index (χ4v) is 3.59. The number of pyridine rings is 1. The Balaban J connectivity index is 2.49. The molecular weight excluding hydrogens is 371 g/mol. The molecule has 2 rings (SSSR count). The van der Waals surface area contributed by atoms with Crippen LogP contribution in [0.3, 0.4) is 0 Å². The van der Waals surface area contributed by atoms with Gasteiger partial charge in [-0.2, -0.15) is 0 Å². The summed E-state index contributed by atoms with van der Waals surface area (Å²) in [7, 11) is -1.17. The molecule has 3 nitrogen and oxygen atoms in total. The van der Waals surface area contributed by atoms with Crippen LogP contribution >= 0.6 is 0 Å². The number of rotatable bonds is 6. The van der Waals surface area contributed by atoms with Crippen LogP contribution in [0.2, 0.25) is 0 Å². The van der Waals surface area contributed by atoms with Crippen LogP contribution in [-0.4, -0.2) is 20.0 Å². The molecule has 0 amide bonds. The second kappa shape index (κ2) is 8.26. The predicted octanol–water partition coefficient (Wildman–Crippen LogP) is 5.64. The summed E-state index contributed by atoms with van der Waals surface area (Å²) in [6, 6.07) is 10.3. The molecule has 2 unspecified atom stereocenters. The molecule has 2 atom stereocenters. The van der Waals surface area contributed by atoms with E-state index in [0.29, 0.717) is 0 Å². The van der Waals surface area contributed by atoms with Crippen LogP contribution in [0.4, 0.5) is 4.39 Å². The van der Waals surface area contributed by atoms with Crippen molar-refractivity contribution in [3.63, 3.8) is 0 Å². The fraction of sp³-hybridized carbons (Fsp3) is 0.435. The molecular formula is C23H31FN2OS. The van der Waals surface area contributed by atoms with Crippen molar-refractivity contribution in [1.82, 2.24) is 9.71 Å². The molecule has 0 spiro atoms. The van der Waals surface area contributed by atoms with Crippen LogP contribution < -0.4 is 4.72 Å². The second-order valence-corrected chi connectivity index (χ2v) is 10.9. The molecule has 0 fully saturated rings. The summed E-state index contributed by atoms with van der Waals surface area (Å²) in [6.45, 7) is 18.1. The first-order chi connectivity index (χ1) is 12.8. The smallest absolute Gasteiger partial charge is 0.123 e. The number of hydrogen-bond donors (Lipinski definition) is 1. The van der Waals surface area contributed by atoms with Gasteiger partial charge < -0.3 is 0 Å². The molecule has 5 heteroatoms. The van der Waals surface area contributed by atoms with Gasteiger partial charge in [0, 0.05) is 17.0 Å². The van der Waals surface area contributed by atoms with E-state index in [1.807, 2.05) is 46.8 Å². The minimum Gasteiger partial charge on any atom is -0.248 e. The highest BCUT2D eigenvalue weighted by atomic mass is 32.2. The van der Waals surface area contributed by atoms with Gasteiger partial charge in [0.15, 0.2) is 0 Å². The minimum absolute atomic E-state index is 0.0472. The number of nitrogens with zero attached hydrogens (tertiary/aromatic N) is 1. The Bertz CT molecular complexity index is 882. The summed E-state index contributed by atoms with van der Waals surface area (Å²) < 4.78 is 28.8. The van der Waals surface area contributed by atoms with Crippen molar-refractivity contribution < 1.29 is 8.60 Å². The van der Waals surface area contributed by atoms with Gasteiger partial charge in [-0.3, -0.25) is 0 Å². The molecule has 1 heterocycles. The highest BCUT2D eigenvalue weighted by molar-refractivity contribution is 7.84. The molecule has 0 radical (unpaired) electrons. The quantitative estimate of drug-likeness (QED) is 0.679. The Morgan fingerprint density at radius 1 is 1.14 bits per heavy atom. The summed E-state index contributed by atoms with van der Waals surface area (Å²) in [6.07, 6.45) is 0. The first-order valence-corrected chi connectivity index (χ1v) is 10.6. The Hall–Kier alpha value is -1.85. The molecule has 1 aromatic heterocycles. The number of halogens is 1. The molecule has 0 bridgehead atoms. The van der Waals surface area contributed by atoms with E-state index in [4.69, 9.17) is 4.98 Å². The van der Waals surface area contributed by atoms with Crippen LogP contribution in [0.1, 0.15) is 59.7 Å². The number of benzene rings is 1. The van der Waals surface area contributed by atoms with E-state index in [2.05, 4.69) is 25.1 Å². The molecule has 0 saturated heterocycles. The second-order valence-electron chi connectivity index (χ2n) is 8.86. The van der Waals surface area contributed by atoms with E-state index < -0.39 is 11.0 Å². The van der Waals surface area contributed by atoms with E-state index >= 15 is 0 Å². The fourth-order valence-electron chi connectivity index (χ4n) is 2.62. The van der Waals surface area contributed by atoms with Crippen molar-refractivity contribution in [2.24, 2.45) is 0 Å². The molecule has 0 aliphatic heterocycles. The topological polar surface area (TPSA) is 42.0 Å². The number of nitrogens with one attached hydrogen (secondary N) is 1. The van der Waals surface area contributed by atoms with Crippen LogP contribution in [0, 0.1) is 5.82 Å². The zero-order valence-electron chi connectivity index (χ0n) is 17.9. The summed E-state index contributed by atoms with van der Waals surface area (Å²) >= 11 is 0. The zero-order chi connectivity index (χ0) is 21.3. The van der Waals surface area contributed by atoms with Gasteiger partial charge >= 0.3 is 0 Å².